The van der Waals surface area contributed by atoms with E-state index in [1.165, 1.54) is 0 Å². The van der Waals surface area contributed by atoms with Gasteiger partial charge in [0.15, 0.2) is 0 Å². The van der Waals surface area contributed by atoms with Crippen LogP contribution in [0.5, 0.6) is 0 Å². The lowest BCUT2D eigenvalue weighted by atomic mass is 9.97. The van der Waals surface area contributed by atoms with E-state index in [-0.39, 0.29) is 12.4 Å². The van der Waals surface area contributed by atoms with E-state index in [1.807, 2.05) is 24.3 Å². The van der Waals surface area contributed by atoms with E-state index in [1.54, 1.807) is 36.4 Å². The molecule has 0 bridgehead atoms. The standard InChI is InChI=1S/C16H13NO3/c18-14(12-7-3-1-4-8-12)16(11-20-16)15(19)17-13-9-5-2-6-10-13/h1-10H,11H2,(H,17,19)/t16-/m1/s1. The van der Waals surface area contributed by atoms with Crippen molar-refractivity contribution in [1.29, 1.82) is 0 Å². The van der Waals surface area contributed by atoms with Crippen molar-refractivity contribution in [3.63, 3.8) is 0 Å². The molecule has 0 spiro atoms. The Labute approximate surface area is 116 Å². The maximum absolute atomic E-state index is 12.4. The molecular formula is C16H13NO3. The molecule has 1 saturated heterocycles. The van der Waals surface area contributed by atoms with Gasteiger partial charge in [-0.3, -0.25) is 9.59 Å². The summed E-state index contributed by atoms with van der Waals surface area (Å²) in [5.74, 6) is -0.718. The molecule has 0 aromatic heterocycles. The highest BCUT2D eigenvalue weighted by Crippen LogP contribution is 2.32. The van der Waals surface area contributed by atoms with E-state index in [0.717, 1.165) is 0 Å². The normalized spacial score (nSPS) is 20.2. The first-order chi connectivity index (χ1) is 9.72. The molecule has 1 atom stereocenters. The summed E-state index contributed by atoms with van der Waals surface area (Å²) in [6, 6.07) is 17.7. The summed E-state index contributed by atoms with van der Waals surface area (Å²) in [4.78, 5) is 24.6. The Balaban J connectivity index is 1.79. The average Bonchev–Trinajstić information content (AvgIpc) is 3.30. The molecule has 0 saturated carbocycles. The fourth-order valence-electron chi connectivity index (χ4n) is 2.01. The molecule has 1 N–H and O–H groups in total. The summed E-state index contributed by atoms with van der Waals surface area (Å²) in [7, 11) is 0. The average molecular weight is 267 g/mol. The van der Waals surface area contributed by atoms with Crippen LogP contribution in [0.3, 0.4) is 0 Å². The van der Waals surface area contributed by atoms with E-state index in [9.17, 15) is 9.59 Å². The number of Topliss-reactive ketones (excluding diaryl/α,β-unsaturated/α-hetero) is 1. The predicted molar refractivity (Wildman–Crippen MR) is 74.5 cm³/mol. The summed E-state index contributed by atoms with van der Waals surface area (Å²) in [6.07, 6.45) is 0. The molecule has 0 aliphatic carbocycles. The zero-order valence-corrected chi connectivity index (χ0v) is 10.7. The zero-order valence-electron chi connectivity index (χ0n) is 10.7. The van der Waals surface area contributed by atoms with E-state index >= 15 is 0 Å². The maximum atomic E-state index is 12.4. The monoisotopic (exact) mass is 267 g/mol. The molecule has 4 nitrogen and oxygen atoms in total. The molecule has 0 unspecified atom stereocenters. The van der Waals surface area contributed by atoms with E-state index in [2.05, 4.69) is 5.32 Å². The predicted octanol–water partition coefficient (Wildman–Crippen LogP) is 2.28. The van der Waals surface area contributed by atoms with Crippen LogP contribution >= 0.6 is 0 Å². The van der Waals surface area contributed by atoms with Gasteiger partial charge in [0.25, 0.3) is 5.91 Å². The lowest BCUT2D eigenvalue weighted by Gasteiger charge is -2.11. The van der Waals surface area contributed by atoms with Gasteiger partial charge in [-0.1, -0.05) is 48.5 Å². The minimum absolute atomic E-state index is 0.124. The van der Waals surface area contributed by atoms with Gasteiger partial charge in [0, 0.05) is 11.3 Å². The van der Waals surface area contributed by atoms with Crippen molar-refractivity contribution in [3.8, 4) is 0 Å². The zero-order chi connectivity index (χ0) is 14.0. The number of amides is 1. The quantitative estimate of drug-likeness (QED) is 0.525. The third-order valence-corrected chi connectivity index (χ3v) is 3.23. The smallest absolute Gasteiger partial charge is 0.267 e. The van der Waals surface area contributed by atoms with Crippen molar-refractivity contribution in [2.75, 3.05) is 11.9 Å². The molecule has 0 radical (unpaired) electrons. The van der Waals surface area contributed by atoms with Gasteiger partial charge in [0.05, 0.1) is 6.61 Å². The molecule has 2 aromatic rings. The third-order valence-electron chi connectivity index (χ3n) is 3.23. The van der Waals surface area contributed by atoms with Crippen LogP contribution in [0, 0.1) is 0 Å². The number of para-hydroxylation sites is 1. The molecule has 3 rings (SSSR count). The fourth-order valence-corrected chi connectivity index (χ4v) is 2.01. The number of hydrogen-bond donors (Lipinski definition) is 1. The second kappa shape index (κ2) is 4.90. The highest BCUT2D eigenvalue weighted by Gasteiger charge is 2.59. The number of epoxide rings is 1. The van der Waals surface area contributed by atoms with Crippen molar-refractivity contribution in [1.82, 2.24) is 0 Å². The largest absolute Gasteiger partial charge is 0.351 e. The van der Waals surface area contributed by atoms with Crippen molar-refractivity contribution >= 4 is 17.4 Å². The third kappa shape index (κ3) is 2.21. The number of carbonyl (C=O) groups excluding carboxylic acids is 2. The lowest BCUT2D eigenvalue weighted by molar-refractivity contribution is -0.119. The van der Waals surface area contributed by atoms with Crippen LogP contribution in [-0.2, 0) is 9.53 Å². The first kappa shape index (κ1) is 12.6. The number of ketones is 1. The Kier molecular flexibility index (Phi) is 3.08. The number of hydrogen-bond acceptors (Lipinski definition) is 3. The number of benzene rings is 2. The van der Waals surface area contributed by atoms with Crippen molar-refractivity contribution < 1.29 is 14.3 Å². The Hall–Kier alpha value is -2.46. The van der Waals surface area contributed by atoms with Gasteiger partial charge in [-0.15, -0.1) is 0 Å². The molecule has 100 valence electrons. The van der Waals surface area contributed by atoms with E-state index in [0.29, 0.717) is 11.3 Å². The second-order valence-electron chi connectivity index (χ2n) is 4.63. The number of carbonyl (C=O) groups is 2. The van der Waals surface area contributed by atoms with Gasteiger partial charge in [0.2, 0.25) is 11.4 Å². The van der Waals surface area contributed by atoms with Gasteiger partial charge in [-0.05, 0) is 12.1 Å². The minimum Gasteiger partial charge on any atom is -0.351 e. The molecule has 1 fully saturated rings. The Bertz CT molecular complexity index is 633. The number of rotatable bonds is 4. The molecule has 1 aliphatic heterocycles. The van der Waals surface area contributed by atoms with Crippen LogP contribution in [0.15, 0.2) is 60.7 Å². The number of anilines is 1. The highest BCUT2D eigenvalue weighted by molar-refractivity contribution is 6.22. The Morgan fingerprint density at radius 3 is 2.05 bits per heavy atom. The van der Waals surface area contributed by atoms with Gasteiger partial charge < -0.3 is 10.1 Å². The summed E-state index contributed by atoms with van der Waals surface area (Å²) in [5.41, 5.74) is -0.238. The second-order valence-corrected chi connectivity index (χ2v) is 4.63. The molecule has 1 aliphatic rings. The van der Waals surface area contributed by atoms with Gasteiger partial charge in [0.1, 0.15) is 0 Å². The number of ether oxygens (including phenoxy) is 1. The molecule has 2 aromatic carbocycles. The lowest BCUT2D eigenvalue weighted by Crippen LogP contribution is -2.39. The summed E-state index contributed by atoms with van der Waals surface area (Å²) < 4.78 is 5.18. The highest BCUT2D eigenvalue weighted by atomic mass is 16.6. The molecular weight excluding hydrogens is 254 g/mol. The van der Waals surface area contributed by atoms with Gasteiger partial charge in [-0.25, -0.2) is 0 Å². The molecule has 20 heavy (non-hydrogen) atoms. The van der Waals surface area contributed by atoms with E-state index < -0.39 is 11.5 Å². The number of nitrogens with one attached hydrogen (secondary N) is 1. The SMILES string of the molecule is O=C(Nc1ccccc1)[C@]1(C(=O)c2ccccc2)CO1. The topological polar surface area (TPSA) is 58.7 Å². The van der Waals surface area contributed by atoms with Crippen LogP contribution < -0.4 is 5.32 Å². The van der Waals surface area contributed by atoms with Crippen LogP contribution in [0.1, 0.15) is 10.4 Å². The first-order valence-corrected chi connectivity index (χ1v) is 6.33. The van der Waals surface area contributed by atoms with Crippen molar-refractivity contribution in [2.24, 2.45) is 0 Å². The van der Waals surface area contributed by atoms with Gasteiger partial charge >= 0.3 is 0 Å². The van der Waals surface area contributed by atoms with Crippen LogP contribution in [-0.4, -0.2) is 23.9 Å². The minimum atomic E-state index is -1.36. The van der Waals surface area contributed by atoms with Crippen LogP contribution in [0.2, 0.25) is 0 Å². The van der Waals surface area contributed by atoms with E-state index in [4.69, 9.17) is 4.74 Å². The van der Waals surface area contributed by atoms with Crippen molar-refractivity contribution in [3.05, 3.63) is 66.2 Å². The van der Waals surface area contributed by atoms with Crippen LogP contribution in [0.25, 0.3) is 0 Å². The summed E-state index contributed by atoms with van der Waals surface area (Å²) in [6.45, 7) is 0.124. The van der Waals surface area contributed by atoms with Crippen LogP contribution in [0.4, 0.5) is 5.69 Å². The maximum Gasteiger partial charge on any atom is 0.267 e. The molecule has 4 heteroatoms. The first-order valence-electron chi connectivity index (χ1n) is 6.33. The fraction of sp³-hybridized carbons (Fsp3) is 0.125. The van der Waals surface area contributed by atoms with Gasteiger partial charge in [-0.2, -0.15) is 0 Å². The summed E-state index contributed by atoms with van der Waals surface area (Å²) in [5, 5.41) is 2.71. The summed E-state index contributed by atoms with van der Waals surface area (Å²) >= 11 is 0. The Morgan fingerprint density at radius 1 is 0.950 bits per heavy atom. The Morgan fingerprint density at radius 2 is 1.50 bits per heavy atom. The molecule has 1 heterocycles. The van der Waals surface area contributed by atoms with Crippen molar-refractivity contribution in [2.45, 2.75) is 5.60 Å². The molecule has 1 amide bonds.